The number of nitrogens with one attached hydrogen (secondary N) is 2. The van der Waals surface area contributed by atoms with Crippen molar-refractivity contribution in [2.45, 2.75) is 19.8 Å². The fourth-order valence-electron chi connectivity index (χ4n) is 4.39. The lowest BCUT2D eigenvalue weighted by Crippen LogP contribution is -2.30. The lowest BCUT2D eigenvalue weighted by atomic mass is 9.98. The third-order valence-electron chi connectivity index (χ3n) is 6.02. The number of piperidine rings is 1. The summed E-state index contributed by atoms with van der Waals surface area (Å²) in [6.45, 7) is 4.77. The molecule has 2 aromatic heterocycles. The number of thiophene rings is 1. The van der Waals surface area contributed by atoms with E-state index in [0.717, 1.165) is 52.8 Å². The Labute approximate surface area is 185 Å². The maximum Gasteiger partial charge on any atom is 0.260 e. The highest BCUT2D eigenvalue weighted by molar-refractivity contribution is 7.13. The first-order valence-electron chi connectivity index (χ1n) is 10.8. The van der Waals surface area contributed by atoms with E-state index >= 15 is 0 Å². The summed E-state index contributed by atoms with van der Waals surface area (Å²) in [6.07, 6.45) is 2.20. The zero-order chi connectivity index (χ0) is 21.2. The lowest BCUT2D eigenvalue weighted by molar-refractivity contribution is 0.217. The van der Waals surface area contributed by atoms with Gasteiger partial charge in [-0.1, -0.05) is 48.0 Å². The zero-order valence-corrected chi connectivity index (χ0v) is 18.4. The van der Waals surface area contributed by atoms with Crippen molar-refractivity contribution < 1.29 is 4.74 Å². The van der Waals surface area contributed by atoms with Crippen LogP contribution in [0.25, 0.3) is 32.5 Å². The van der Waals surface area contributed by atoms with Crippen LogP contribution < -0.4 is 15.6 Å². The van der Waals surface area contributed by atoms with E-state index in [-0.39, 0.29) is 5.56 Å². The molecule has 1 aliphatic heterocycles. The highest BCUT2D eigenvalue weighted by atomic mass is 32.1. The van der Waals surface area contributed by atoms with Crippen molar-refractivity contribution in [2.75, 3.05) is 19.7 Å². The van der Waals surface area contributed by atoms with E-state index < -0.39 is 0 Å². The first-order chi connectivity index (χ1) is 15.2. The number of benzene rings is 2. The van der Waals surface area contributed by atoms with Crippen LogP contribution in [0.2, 0.25) is 0 Å². The van der Waals surface area contributed by atoms with E-state index in [1.54, 1.807) is 11.3 Å². The number of aromatic amines is 1. The SMILES string of the molecule is Cc1cccc(-c2cccc3c(OCC4CCNCC4)c(-c4cccs4)c(=O)[nH]c23)c1. The summed E-state index contributed by atoms with van der Waals surface area (Å²) in [5.74, 6) is 1.21. The second-order valence-electron chi connectivity index (χ2n) is 8.24. The zero-order valence-electron chi connectivity index (χ0n) is 17.6. The molecular weight excluding hydrogens is 404 g/mol. The molecule has 0 aliphatic carbocycles. The predicted octanol–water partition coefficient (Wildman–Crippen LogP) is 5.61. The van der Waals surface area contributed by atoms with Crippen LogP contribution in [-0.4, -0.2) is 24.7 Å². The van der Waals surface area contributed by atoms with E-state index in [4.69, 9.17) is 4.74 Å². The second kappa shape index (κ2) is 8.69. The number of hydrogen-bond acceptors (Lipinski definition) is 4. The Morgan fingerprint density at radius 2 is 1.90 bits per heavy atom. The molecule has 0 unspecified atom stereocenters. The van der Waals surface area contributed by atoms with Crippen LogP contribution in [0, 0.1) is 12.8 Å². The van der Waals surface area contributed by atoms with E-state index in [1.807, 2.05) is 23.6 Å². The van der Waals surface area contributed by atoms with Gasteiger partial charge in [0, 0.05) is 15.8 Å². The molecule has 1 fully saturated rings. The van der Waals surface area contributed by atoms with Crippen LogP contribution in [0.4, 0.5) is 0 Å². The molecule has 158 valence electrons. The highest BCUT2D eigenvalue weighted by Gasteiger charge is 2.21. The summed E-state index contributed by atoms with van der Waals surface area (Å²) in [7, 11) is 0. The maximum atomic E-state index is 13.3. The highest BCUT2D eigenvalue weighted by Crippen LogP contribution is 2.39. The third-order valence-corrected chi connectivity index (χ3v) is 6.91. The van der Waals surface area contributed by atoms with E-state index in [0.29, 0.717) is 23.8 Å². The van der Waals surface area contributed by atoms with Crippen LogP contribution in [0.15, 0.2) is 64.8 Å². The quantitative estimate of drug-likeness (QED) is 0.433. The number of hydrogen-bond donors (Lipinski definition) is 2. The van der Waals surface area contributed by atoms with Gasteiger partial charge in [-0.05, 0) is 61.8 Å². The van der Waals surface area contributed by atoms with Gasteiger partial charge in [0.15, 0.2) is 0 Å². The Bertz CT molecular complexity index is 1250. The van der Waals surface area contributed by atoms with Gasteiger partial charge in [0.1, 0.15) is 5.75 Å². The topological polar surface area (TPSA) is 54.1 Å². The molecule has 0 bridgehead atoms. The molecule has 4 aromatic rings. The van der Waals surface area contributed by atoms with E-state index in [2.05, 4.69) is 53.6 Å². The minimum atomic E-state index is -0.102. The molecule has 0 amide bonds. The number of aryl methyl sites for hydroxylation is 1. The van der Waals surface area contributed by atoms with Gasteiger partial charge in [-0.25, -0.2) is 0 Å². The van der Waals surface area contributed by atoms with Crippen molar-refractivity contribution in [3.8, 4) is 27.3 Å². The van der Waals surface area contributed by atoms with Gasteiger partial charge in [-0.3, -0.25) is 4.79 Å². The van der Waals surface area contributed by atoms with Crippen LogP contribution in [0.1, 0.15) is 18.4 Å². The van der Waals surface area contributed by atoms with Crippen molar-refractivity contribution in [2.24, 2.45) is 5.92 Å². The van der Waals surface area contributed by atoms with Crippen molar-refractivity contribution in [1.29, 1.82) is 0 Å². The third kappa shape index (κ3) is 4.03. The van der Waals surface area contributed by atoms with Crippen LogP contribution in [0.5, 0.6) is 5.75 Å². The van der Waals surface area contributed by atoms with Crippen LogP contribution in [0.3, 0.4) is 0 Å². The fourth-order valence-corrected chi connectivity index (χ4v) is 5.15. The molecule has 0 spiro atoms. The summed E-state index contributed by atoms with van der Waals surface area (Å²) >= 11 is 1.57. The minimum absolute atomic E-state index is 0.102. The van der Waals surface area contributed by atoms with Crippen LogP contribution in [-0.2, 0) is 0 Å². The maximum absolute atomic E-state index is 13.3. The standard InChI is InChI=1S/C26H26N2O2S/c1-17-5-2-6-19(15-17)20-7-3-8-21-24(20)28-26(29)23(22-9-4-14-31-22)25(21)30-16-18-10-12-27-13-11-18/h2-9,14-15,18,27H,10-13,16H2,1H3,(H,28,29). The number of ether oxygens (including phenoxy) is 1. The van der Waals surface area contributed by atoms with Gasteiger partial charge < -0.3 is 15.0 Å². The van der Waals surface area contributed by atoms with Gasteiger partial charge >= 0.3 is 0 Å². The Balaban J connectivity index is 1.67. The Morgan fingerprint density at radius 3 is 2.68 bits per heavy atom. The van der Waals surface area contributed by atoms with Gasteiger partial charge in [0.05, 0.1) is 17.7 Å². The average molecular weight is 431 g/mol. The molecule has 0 atom stereocenters. The molecule has 1 aliphatic rings. The summed E-state index contributed by atoms with van der Waals surface area (Å²) in [4.78, 5) is 17.4. The molecule has 3 heterocycles. The Kier molecular flexibility index (Phi) is 5.62. The minimum Gasteiger partial charge on any atom is -0.492 e. The Morgan fingerprint density at radius 1 is 1.06 bits per heavy atom. The fraction of sp³-hybridized carbons (Fsp3) is 0.269. The number of aromatic nitrogens is 1. The summed E-state index contributed by atoms with van der Waals surface area (Å²) < 4.78 is 6.47. The van der Waals surface area contributed by atoms with Crippen molar-refractivity contribution >= 4 is 22.2 Å². The summed E-state index contributed by atoms with van der Waals surface area (Å²) in [6, 6.07) is 18.5. The van der Waals surface area contributed by atoms with E-state index in [1.165, 1.54) is 5.56 Å². The Hall–Kier alpha value is -2.89. The van der Waals surface area contributed by atoms with Crippen molar-refractivity contribution in [3.63, 3.8) is 0 Å². The summed E-state index contributed by atoms with van der Waals surface area (Å²) in [5, 5.41) is 6.36. The van der Waals surface area contributed by atoms with Gasteiger partial charge in [-0.15, -0.1) is 11.3 Å². The van der Waals surface area contributed by atoms with Crippen molar-refractivity contribution in [1.82, 2.24) is 10.3 Å². The molecule has 0 saturated carbocycles. The van der Waals surface area contributed by atoms with E-state index in [9.17, 15) is 4.79 Å². The predicted molar refractivity (Wildman–Crippen MR) is 129 cm³/mol. The molecule has 0 radical (unpaired) electrons. The molecule has 31 heavy (non-hydrogen) atoms. The summed E-state index contributed by atoms with van der Waals surface area (Å²) in [5.41, 5.74) is 4.67. The van der Waals surface area contributed by atoms with Gasteiger partial charge in [-0.2, -0.15) is 0 Å². The smallest absolute Gasteiger partial charge is 0.260 e. The lowest BCUT2D eigenvalue weighted by Gasteiger charge is -2.24. The number of pyridine rings is 1. The molecule has 4 nitrogen and oxygen atoms in total. The molecule has 2 aromatic carbocycles. The number of H-pyrrole nitrogens is 1. The largest absolute Gasteiger partial charge is 0.492 e. The molecule has 2 N–H and O–H groups in total. The average Bonchev–Trinajstić information content (AvgIpc) is 3.32. The second-order valence-corrected chi connectivity index (χ2v) is 9.19. The monoisotopic (exact) mass is 430 g/mol. The molecule has 1 saturated heterocycles. The first kappa shape index (κ1) is 20.0. The van der Waals surface area contributed by atoms with Crippen LogP contribution >= 0.6 is 11.3 Å². The van der Waals surface area contributed by atoms with Gasteiger partial charge in [0.25, 0.3) is 5.56 Å². The number of fused-ring (bicyclic) bond motifs is 1. The number of para-hydroxylation sites is 1. The first-order valence-corrected chi connectivity index (χ1v) is 11.7. The normalized spacial score (nSPS) is 14.7. The van der Waals surface area contributed by atoms with Crippen molar-refractivity contribution in [3.05, 3.63) is 75.9 Å². The molecule has 5 heteroatoms. The number of rotatable bonds is 5. The van der Waals surface area contributed by atoms with Gasteiger partial charge in [0.2, 0.25) is 0 Å². The molecular formula is C26H26N2O2S. The molecule has 5 rings (SSSR count).